The Balaban J connectivity index is 1.72. The number of carbonyl (C=O) groups is 1. The third-order valence-electron chi connectivity index (χ3n) is 4.55. The minimum absolute atomic E-state index is 0.0482. The zero-order chi connectivity index (χ0) is 15.7. The van der Waals surface area contributed by atoms with Crippen LogP contribution in [0.25, 0.3) is 0 Å². The molecule has 3 rings (SSSR count). The van der Waals surface area contributed by atoms with Crippen LogP contribution in [0.3, 0.4) is 0 Å². The van der Waals surface area contributed by atoms with Gasteiger partial charge in [0.05, 0.1) is 12.4 Å². The van der Waals surface area contributed by atoms with E-state index >= 15 is 0 Å². The Bertz CT molecular complexity index is 657. The lowest BCUT2D eigenvalue weighted by molar-refractivity contribution is 0.0760. The third-order valence-corrected chi connectivity index (χ3v) is 6.54. The van der Waals surface area contributed by atoms with Crippen molar-refractivity contribution >= 4 is 15.9 Å². The molecule has 0 unspecified atom stereocenters. The van der Waals surface area contributed by atoms with Crippen LogP contribution in [0, 0.1) is 5.92 Å². The molecule has 0 aromatic heterocycles. The fraction of sp³-hybridized carbons (Fsp3) is 0.533. The van der Waals surface area contributed by atoms with Gasteiger partial charge < -0.3 is 9.64 Å². The lowest BCUT2D eigenvalue weighted by atomic mass is 10.0. The first-order valence-corrected chi connectivity index (χ1v) is 8.98. The number of sulfonamides is 1. The molecule has 1 amide bonds. The number of methoxy groups -OCH3 is 1. The van der Waals surface area contributed by atoms with Gasteiger partial charge in [-0.2, -0.15) is 0 Å². The summed E-state index contributed by atoms with van der Waals surface area (Å²) in [4.78, 5) is 14.3. The average molecular weight is 324 g/mol. The van der Waals surface area contributed by atoms with Crippen molar-refractivity contribution in [2.75, 3.05) is 26.7 Å². The third kappa shape index (κ3) is 2.83. The SMILES string of the molecule is COc1ccc(C(=O)N2CC[C@@H]3CNS(=O)(=O)[C@@H]3CC2)cc1. The van der Waals surface area contributed by atoms with E-state index in [0.29, 0.717) is 37.4 Å². The van der Waals surface area contributed by atoms with Crippen molar-refractivity contribution in [3.63, 3.8) is 0 Å². The van der Waals surface area contributed by atoms with E-state index < -0.39 is 10.0 Å². The van der Waals surface area contributed by atoms with Crippen molar-refractivity contribution in [3.05, 3.63) is 29.8 Å². The van der Waals surface area contributed by atoms with Crippen molar-refractivity contribution in [3.8, 4) is 5.75 Å². The van der Waals surface area contributed by atoms with Gasteiger partial charge in [0.2, 0.25) is 10.0 Å². The zero-order valence-electron chi connectivity index (χ0n) is 12.5. The molecular weight excluding hydrogens is 304 g/mol. The number of hydrogen-bond donors (Lipinski definition) is 1. The molecule has 120 valence electrons. The molecule has 1 aromatic rings. The largest absolute Gasteiger partial charge is 0.497 e. The molecule has 0 aliphatic carbocycles. The van der Waals surface area contributed by atoms with E-state index in [1.54, 1.807) is 36.3 Å². The highest BCUT2D eigenvalue weighted by atomic mass is 32.2. The Hall–Kier alpha value is -1.60. The maximum Gasteiger partial charge on any atom is 0.253 e. The average Bonchev–Trinajstić information content (AvgIpc) is 2.70. The molecule has 2 aliphatic heterocycles. The summed E-state index contributed by atoms with van der Waals surface area (Å²) >= 11 is 0. The van der Waals surface area contributed by atoms with E-state index in [9.17, 15) is 13.2 Å². The monoisotopic (exact) mass is 324 g/mol. The Morgan fingerprint density at radius 3 is 2.59 bits per heavy atom. The number of amides is 1. The molecule has 22 heavy (non-hydrogen) atoms. The van der Waals surface area contributed by atoms with Crippen molar-refractivity contribution in [1.82, 2.24) is 9.62 Å². The summed E-state index contributed by atoms with van der Waals surface area (Å²) < 4.78 is 31.6. The minimum atomic E-state index is -3.20. The predicted octanol–water partition coefficient (Wildman–Crippen LogP) is 0.849. The van der Waals surface area contributed by atoms with Crippen LogP contribution in [0.4, 0.5) is 0 Å². The maximum absolute atomic E-state index is 12.6. The molecule has 0 radical (unpaired) electrons. The van der Waals surface area contributed by atoms with Gasteiger partial charge in [-0.25, -0.2) is 13.1 Å². The van der Waals surface area contributed by atoms with Crippen LogP contribution >= 0.6 is 0 Å². The summed E-state index contributed by atoms with van der Waals surface area (Å²) in [7, 11) is -1.62. The van der Waals surface area contributed by atoms with Crippen LogP contribution in [-0.2, 0) is 10.0 Å². The van der Waals surface area contributed by atoms with Crippen LogP contribution in [0.15, 0.2) is 24.3 Å². The van der Waals surface area contributed by atoms with Crippen LogP contribution in [0.1, 0.15) is 23.2 Å². The number of likely N-dealkylation sites (tertiary alicyclic amines) is 1. The minimum Gasteiger partial charge on any atom is -0.497 e. The molecule has 2 heterocycles. The molecule has 2 fully saturated rings. The second-order valence-electron chi connectivity index (χ2n) is 5.79. The van der Waals surface area contributed by atoms with E-state index in [0.717, 1.165) is 6.42 Å². The Morgan fingerprint density at radius 2 is 1.91 bits per heavy atom. The lowest BCUT2D eigenvalue weighted by Gasteiger charge is -2.21. The second-order valence-corrected chi connectivity index (χ2v) is 7.77. The molecule has 0 bridgehead atoms. The number of rotatable bonds is 2. The van der Waals surface area contributed by atoms with Crippen molar-refractivity contribution < 1.29 is 17.9 Å². The Morgan fingerprint density at radius 1 is 1.23 bits per heavy atom. The van der Waals surface area contributed by atoms with Gasteiger partial charge in [-0.05, 0) is 43.0 Å². The van der Waals surface area contributed by atoms with E-state index in [-0.39, 0.29) is 17.1 Å². The van der Waals surface area contributed by atoms with E-state index in [2.05, 4.69) is 4.72 Å². The highest BCUT2D eigenvalue weighted by Crippen LogP contribution is 2.28. The van der Waals surface area contributed by atoms with E-state index in [1.165, 1.54) is 0 Å². The van der Waals surface area contributed by atoms with Gasteiger partial charge >= 0.3 is 0 Å². The van der Waals surface area contributed by atoms with Gasteiger partial charge in [-0.3, -0.25) is 4.79 Å². The fourth-order valence-corrected chi connectivity index (χ4v) is 5.04. The normalized spacial score (nSPS) is 27.0. The second kappa shape index (κ2) is 5.89. The summed E-state index contributed by atoms with van der Waals surface area (Å²) in [5.74, 6) is 0.769. The fourth-order valence-electron chi connectivity index (χ4n) is 3.23. The number of nitrogens with one attached hydrogen (secondary N) is 1. The van der Waals surface area contributed by atoms with Gasteiger partial charge in [0.1, 0.15) is 5.75 Å². The van der Waals surface area contributed by atoms with E-state index in [1.807, 2.05) is 0 Å². The lowest BCUT2D eigenvalue weighted by Crippen LogP contribution is -2.33. The smallest absolute Gasteiger partial charge is 0.253 e. The van der Waals surface area contributed by atoms with Crippen LogP contribution in [0.5, 0.6) is 5.75 Å². The Labute approximate surface area is 130 Å². The number of fused-ring (bicyclic) bond motifs is 1. The highest BCUT2D eigenvalue weighted by Gasteiger charge is 2.41. The summed E-state index contributed by atoms with van der Waals surface area (Å²) in [6, 6.07) is 7.00. The molecule has 6 nitrogen and oxygen atoms in total. The first-order valence-electron chi connectivity index (χ1n) is 7.43. The van der Waals surface area contributed by atoms with Crippen molar-refractivity contribution in [2.45, 2.75) is 18.1 Å². The standard InChI is InChI=1S/C15H20N2O4S/c1-21-13-4-2-11(3-5-13)15(18)17-8-6-12-10-16-22(19,20)14(12)7-9-17/h2-5,12,14,16H,6-10H2,1H3/t12-,14-/m1/s1. The first kappa shape index (κ1) is 15.3. The van der Waals surface area contributed by atoms with Crippen molar-refractivity contribution in [1.29, 1.82) is 0 Å². The number of carbonyl (C=O) groups excluding carboxylic acids is 1. The first-order chi connectivity index (χ1) is 10.5. The summed E-state index contributed by atoms with van der Waals surface area (Å²) in [6.45, 7) is 1.58. The topological polar surface area (TPSA) is 75.7 Å². The molecule has 2 aliphatic rings. The molecule has 2 atom stereocenters. The summed E-state index contributed by atoms with van der Waals surface area (Å²) in [5.41, 5.74) is 0.605. The summed E-state index contributed by atoms with van der Waals surface area (Å²) in [6.07, 6.45) is 1.22. The molecular formula is C15H20N2O4S. The quantitative estimate of drug-likeness (QED) is 0.875. The van der Waals surface area contributed by atoms with Gasteiger partial charge in [-0.1, -0.05) is 0 Å². The van der Waals surface area contributed by atoms with Gasteiger partial charge in [0, 0.05) is 25.2 Å². The van der Waals surface area contributed by atoms with Crippen LogP contribution in [-0.4, -0.2) is 51.2 Å². The molecule has 0 saturated carbocycles. The van der Waals surface area contributed by atoms with Gasteiger partial charge in [-0.15, -0.1) is 0 Å². The number of hydrogen-bond acceptors (Lipinski definition) is 4. The number of benzene rings is 1. The summed E-state index contributed by atoms with van der Waals surface area (Å²) in [5, 5.41) is -0.360. The Kier molecular flexibility index (Phi) is 4.10. The van der Waals surface area contributed by atoms with Crippen LogP contribution < -0.4 is 9.46 Å². The van der Waals surface area contributed by atoms with Crippen molar-refractivity contribution in [2.24, 2.45) is 5.92 Å². The van der Waals surface area contributed by atoms with Crippen LogP contribution in [0.2, 0.25) is 0 Å². The zero-order valence-corrected chi connectivity index (χ0v) is 13.3. The molecule has 0 spiro atoms. The predicted molar refractivity (Wildman–Crippen MR) is 82.3 cm³/mol. The molecule has 1 aromatic carbocycles. The van der Waals surface area contributed by atoms with E-state index in [4.69, 9.17) is 4.74 Å². The molecule has 7 heteroatoms. The molecule has 2 saturated heterocycles. The highest BCUT2D eigenvalue weighted by molar-refractivity contribution is 7.90. The number of nitrogens with zero attached hydrogens (tertiary/aromatic N) is 1. The number of ether oxygens (including phenoxy) is 1. The van der Waals surface area contributed by atoms with Gasteiger partial charge in [0.15, 0.2) is 0 Å². The molecule has 1 N–H and O–H groups in total. The maximum atomic E-state index is 12.6. The van der Waals surface area contributed by atoms with Gasteiger partial charge in [0.25, 0.3) is 5.91 Å².